The van der Waals surface area contributed by atoms with E-state index in [1.54, 1.807) is 6.20 Å². The summed E-state index contributed by atoms with van der Waals surface area (Å²) in [4.78, 5) is 6.13. The quantitative estimate of drug-likeness (QED) is 0.801. The van der Waals surface area contributed by atoms with E-state index in [9.17, 15) is 5.26 Å². The van der Waals surface area contributed by atoms with E-state index < -0.39 is 0 Å². The van der Waals surface area contributed by atoms with E-state index in [1.807, 2.05) is 48.5 Å². The van der Waals surface area contributed by atoms with Crippen molar-refractivity contribution in [3.8, 4) is 6.07 Å². The topological polar surface area (TPSA) is 39.9 Å². The van der Waals surface area contributed by atoms with E-state index >= 15 is 0 Å². The molecule has 1 aromatic carbocycles. The molecule has 4 heteroatoms. The molecule has 19 heavy (non-hydrogen) atoms. The second-order valence-electron chi connectivity index (χ2n) is 4.31. The molecule has 2 rings (SSSR count). The van der Waals surface area contributed by atoms with Gasteiger partial charge in [0.25, 0.3) is 0 Å². The minimum absolute atomic E-state index is 0.418. The average molecular weight is 272 g/mol. The van der Waals surface area contributed by atoms with Crippen molar-refractivity contribution in [2.24, 2.45) is 0 Å². The molecule has 0 unspecified atom stereocenters. The van der Waals surface area contributed by atoms with Crippen molar-refractivity contribution < 1.29 is 0 Å². The molecule has 0 spiro atoms. The second kappa shape index (κ2) is 6.21. The van der Waals surface area contributed by atoms with Crippen LogP contribution < -0.4 is 4.90 Å². The van der Waals surface area contributed by atoms with Gasteiger partial charge in [0.1, 0.15) is 6.07 Å². The number of hydrogen-bond acceptors (Lipinski definition) is 3. The molecule has 0 N–H and O–H groups in total. The molecular weight excluding hydrogens is 258 g/mol. The summed E-state index contributed by atoms with van der Waals surface area (Å²) in [5.74, 6) is 0.418. The van der Waals surface area contributed by atoms with Crippen LogP contribution in [0.5, 0.6) is 0 Å². The highest BCUT2D eigenvalue weighted by Gasteiger charge is 2.08. The second-order valence-corrected chi connectivity index (χ2v) is 4.58. The monoisotopic (exact) mass is 271 g/mol. The van der Waals surface area contributed by atoms with Crippen molar-refractivity contribution >= 4 is 17.3 Å². The van der Waals surface area contributed by atoms with Gasteiger partial charge in [-0.05, 0) is 29.3 Å². The molecule has 1 aromatic heterocycles. The van der Waals surface area contributed by atoms with Crippen molar-refractivity contribution in [3.05, 3.63) is 59.4 Å². The Kier molecular flexibility index (Phi) is 4.38. The first-order chi connectivity index (χ1) is 9.24. The Hall–Kier alpha value is -2.05. The van der Waals surface area contributed by atoms with Gasteiger partial charge in [-0.1, -0.05) is 12.1 Å². The standard InChI is InChI=1S/C15H14ClN3/c1-19(11-13-3-2-6-18-10-13)15-5-4-12(8-16)7-14(15)9-17/h2-7,10H,8,11H2,1H3. The maximum Gasteiger partial charge on any atom is 0.101 e. The van der Waals surface area contributed by atoms with E-state index in [0.717, 1.165) is 16.8 Å². The van der Waals surface area contributed by atoms with Crippen molar-refractivity contribution in [2.75, 3.05) is 11.9 Å². The number of halogens is 1. The van der Waals surface area contributed by atoms with Gasteiger partial charge >= 0.3 is 0 Å². The van der Waals surface area contributed by atoms with Gasteiger partial charge in [0.15, 0.2) is 0 Å². The zero-order valence-electron chi connectivity index (χ0n) is 10.7. The normalized spacial score (nSPS) is 9.95. The molecule has 3 nitrogen and oxygen atoms in total. The highest BCUT2D eigenvalue weighted by atomic mass is 35.5. The zero-order valence-corrected chi connectivity index (χ0v) is 11.4. The van der Waals surface area contributed by atoms with Crippen LogP contribution in [-0.4, -0.2) is 12.0 Å². The Morgan fingerprint density at radius 1 is 1.32 bits per heavy atom. The smallest absolute Gasteiger partial charge is 0.101 e. The summed E-state index contributed by atoms with van der Waals surface area (Å²) in [5.41, 5.74) is 3.61. The third kappa shape index (κ3) is 3.24. The first-order valence-electron chi connectivity index (χ1n) is 5.93. The van der Waals surface area contributed by atoms with Crippen LogP contribution in [0.1, 0.15) is 16.7 Å². The lowest BCUT2D eigenvalue weighted by molar-refractivity contribution is 0.912. The molecule has 2 aromatic rings. The lowest BCUT2D eigenvalue weighted by Crippen LogP contribution is -2.17. The van der Waals surface area contributed by atoms with Gasteiger partial charge in [0.2, 0.25) is 0 Å². The van der Waals surface area contributed by atoms with Crippen LogP contribution in [0.2, 0.25) is 0 Å². The van der Waals surface area contributed by atoms with Gasteiger partial charge < -0.3 is 4.90 Å². The molecule has 0 aliphatic rings. The van der Waals surface area contributed by atoms with Gasteiger partial charge in [-0.15, -0.1) is 11.6 Å². The Bertz CT molecular complexity index is 590. The van der Waals surface area contributed by atoms with E-state index in [2.05, 4.69) is 11.1 Å². The van der Waals surface area contributed by atoms with E-state index in [0.29, 0.717) is 18.0 Å². The van der Waals surface area contributed by atoms with Crippen molar-refractivity contribution in [1.29, 1.82) is 5.26 Å². The summed E-state index contributed by atoms with van der Waals surface area (Å²) in [6.45, 7) is 0.711. The van der Waals surface area contributed by atoms with E-state index in [1.165, 1.54) is 0 Å². The number of aromatic nitrogens is 1. The number of nitrogens with zero attached hydrogens (tertiary/aromatic N) is 3. The summed E-state index contributed by atoms with van der Waals surface area (Å²) < 4.78 is 0. The first kappa shape index (κ1) is 13.4. The van der Waals surface area contributed by atoms with Gasteiger partial charge in [0.05, 0.1) is 11.3 Å². The van der Waals surface area contributed by atoms with E-state index in [-0.39, 0.29) is 0 Å². The number of hydrogen-bond donors (Lipinski definition) is 0. The van der Waals surface area contributed by atoms with E-state index in [4.69, 9.17) is 11.6 Å². The van der Waals surface area contributed by atoms with Crippen LogP contribution in [0.3, 0.4) is 0 Å². The molecule has 0 saturated carbocycles. The SMILES string of the molecule is CN(Cc1cccnc1)c1ccc(CCl)cc1C#N. The maximum absolute atomic E-state index is 9.22. The first-order valence-corrected chi connectivity index (χ1v) is 6.47. The van der Waals surface area contributed by atoms with Crippen LogP contribution >= 0.6 is 11.6 Å². The fourth-order valence-corrected chi connectivity index (χ4v) is 2.11. The van der Waals surface area contributed by atoms with Gasteiger partial charge in [0, 0.05) is 31.9 Å². The van der Waals surface area contributed by atoms with Gasteiger partial charge in [-0.3, -0.25) is 4.98 Å². The molecule has 96 valence electrons. The number of anilines is 1. The number of pyridine rings is 1. The molecule has 0 amide bonds. The molecular formula is C15H14ClN3. The third-order valence-corrected chi connectivity index (χ3v) is 3.20. The summed E-state index contributed by atoms with van der Waals surface area (Å²) in [7, 11) is 1.96. The molecule has 0 radical (unpaired) electrons. The van der Waals surface area contributed by atoms with Crippen LogP contribution in [0, 0.1) is 11.3 Å². The highest BCUT2D eigenvalue weighted by molar-refractivity contribution is 6.17. The predicted molar refractivity (Wildman–Crippen MR) is 77.1 cm³/mol. The summed E-state index contributed by atoms with van der Waals surface area (Å²) >= 11 is 5.79. The third-order valence-electron chi connectivity index (χ3n) is 2.89. The van der Waals surface area contributed by atoms with Crippen molar-refractivity contribution in [1.82, 2.24) is 4.98 Å². The van der Waals surface area contributed by atoms with Gasteiger partial charge in [-0.2, -0.15) is 5.26 Å². The lowest BCUT2D eigenvalue weighted by Gasteiger charge is -2.20. The van der Waals surface area contributed by atoms with Crippen LogP contribution in [-0.2, 0) is 12.4 Å². The Morgan fingerprint density at radius 3 is 2.79 bits per heavy atom. The van der Waals surface area contributed by atoms with Gasteiger partial charge in [-0.25, -0.2) is 0 Å². The molecule has 0 fully saturated rings. The molecule has 0 aliphatic carbocycles. The fraction of sp³-hybridized carbons (Fsp3) is 0.200. The predicted octanol–water partition coefficient (Wildman–Crippen LogP) is 3.33. The van der Waals surface area contributed by atoms with Crippen LogP contribution in [0.15, 0.2) is 42.7 Å². The number of benzene rings is 1. The zero-order chi connectivity index (χ0) is 13.7. The number of nitriles is 1. The molecule has 0 saturated heterocycles. The molecule has 0 atom stereocenters. The number of rotatable bonds is 4. The minimum Gasteiger partial charge on any atom is -0.369 e. The summed E-state index contributed by atoms with van der Waals surface area (Å²) in [5, 5.41) is 9.22. The number of alkyl halides is 1. The average Bonchev–Trinajstić information content (AvgIpc) is 2.47. The molecule has 0 bridgehead atoms. The Balaban J connectivity index is 2.24. The molecule has 1 heterocycles. The van der Waals surface area contributed by atoms with Crippen molar-refractivity contribution in [3.63, 3.8) is 0 Å². The minimum atomic E-state index is 0.418. The largest absolute Gasteiger partial charge is 0.369 e. The Labute approximate surface area is 118 Å². The van der Waals surface area contributed by atoms with Crippen molar-refractivity contribution in [2.45, 2.75) is 12.4 Å². The highest BCUT2D eigenvalue weighted by Crippen LogP contribution is 2.22. The summed E-state index contributed by atoms with van der Waals surface area (Å²) in [6, 6.07) is 11.9. The molecule has 0 aliphatic heterocycles. The lowest BCUT2D eigenvalue weighted by atomic mass is 10.1. The van der Waals surface area contributed by atoms with Crippen LogP contribution in [0.25, 0.3) is 0 Å². The summed E-state index contributed by atoms with van der Waals surface area (Å²) in [6.07, 6.45) is 3.58. The van der Waals surface area contributed by atoms with Crippen LogP contribution in [0.4, 0.5) is 5.69 Å². The Morgan fingerprint density at radius 2 is 2.16 bits per heavy atom. The maximum atomic E-state index is 9.22. The fourth-order valence-electron chi connectivity index (χ4n) is 1.94.